The number of fused-ring (bicyclic) bond motifs is 1. The van der Waals surface area contributed by atoms with Crippen molar-refractivity contribution in [2.75, 3.05) is 13.7 Å². The molecule has 2 heterocycles. The van der Waals surface area contributed by atoms with E-state index in [-0.39, 0.29) is 19.8 Å². The molecule has 9 heteroatoms. The number of carbonyl (C=O) groups excluding carboxylic acids is 2. The van der Waals surface area contributed by atoms with Gasteiger partial charge in [-0.2, -0.15) is 0 Å². The van der Waals surface area contributed by atoms with Crippen molar-refractivity contribution < 1.29 is 23.8 Å². The van der Waals surface area contributed by atoms with Crippen molar-refractivity contribution in [2.45, 2.75) is 27.0 Å². The fraction of sp³-hybridized carbons (Fsp3) is 0.300. The largest absolute Gasteiger partial charge is 0.497 e. The minimum Gasteiger partial charge on any atom is -0.497 e. The Balaban J connectivity index is 1.74. The number of aromatic nitrogens is 2. The van der Waals surface area contributed by atoms with Gasteiger partial charge in [0, 0.05) is 0 Å². The number of hydrogen-bond acceptors (Lipinski definition) is 8. The zero-order chi connectivity index (χ0) is 21.0. The van der Waals surface area contributed by atoms with Crippen LogP contribution in [0.5, 0.6) is 5.75 Å². The molecule has 0 aliphatic heterocycles. The molecule has 0 atom stereocenters. The number of hydrogen-bond donors (Lipinski definition) is 0. The number of esters is 2. The van der Waals surface area contributed by atoms with E-state index in [0.29, 0.717) is 26.4 Å². The Morgan fingerprint density at radius 2 is 1.90 bits per heavy atom. The van der Waals surface area contributed by atoms with Crippen LogP contribution in [0.4, 0.5) is 0 Å². The molecule has 0 saturated carbocycles. The van der Waals surface area contributed by atoms with E-state index in [9.17, 15) is 14.4 Å². The van der Waals surface area contributed by atoms with Gasteiger partial charge in [0.25, 0.3) is 5.56 Å². The van der Waals surface area contributed by atoms with E-state index < -0.39 is 17.5 Å². The molecule has 0 radical (unpaired) electrons. The van der Waals surface area contributed by atoms with Crippen molar-refractivity contribution >= 4 is 33.5 Å². The van der Waals surface area contributed by atoms with Crippen molar-refractivity contribution in [3.8, 4) is 5.75 Å². The Morgan fingerprint density at radius 1 is 1.17 bits per heavy atom. The molecule has 0 aliphatic carbocycles. The molecule has 1 aromatic carbocycles. The second kappa shape index (κ2) is 8.87. The lowest BCUT2D eigenvalue weighted by atomic mass is 10.2. The summed E-state index contributed by atoms with van der Waals surface area (Å²) in [4.78, 5) is 42.0. The summed E-state index contributed by atoms with van der Waals surface area (Å²) in [6, 6.07) is 7.12. The first-order valence-electron chi connectivity index (χ1n) is 8.88. The number of rotatable bonds is 7. The first-order chi connectivity index (χ1) is 13.9. The van der Waals surface area contributed by atoms with Crippen LogP contribution in [0, 0.1) is 6.92 Å². The van der Waals surface area contributed by atoms with Crippen LogP contribution in [-0.4, -0.2) is 35.2 Å². The standard InChI is InChI=1S/C20H20N2O6S/c1-4-27-20(25)17-12(2)16-18(29-17)21-11-22(19(16)24)9-15(23)28-10-13-5-7-14(26-3)8-6-13/h5-8,11H,4,9-10H2,1-3H3. The molecule has 29 heavy (non-hydrogen) atoms. The van der Waals surface area contributed by atoms with Crippen LogP contribution in [-0.2, 0) is 27.4 Å². The predicted octanol–water partition coefficient (Wildman–Crippen LogP) is 2.70. The van der Waals surface area contributed by atoms with Crippen molar-refractivity contribution in [3.05, 3.63) is 57.0 Å². The van der Waals surface area contributed by atoms with Gasteiger partial charge >= 0.3 is 11.9 Å². The molecule has 0 N–H and O–H groups in total. The Hall–Kier alpha value is -3.20. The van der Waals surface area contributed by atoms with Gasteiger partial charge in [-0.25, -0.2) is 9.78 Å². The normalized spacial score (nSPS) is 10.7. The summed E-state index contributed by atoms with van der Waals surface area (Å²) in [5.41, 5.74) is 0.899. The van der Waals surface area contributed by atoms with Gasteiger partial charge in [0.15, 0.2) is 0 Å². The maximum absolute atomic E-state index is 12.8. The van der Waals surface area contributed by atoms with Crippen LogP contribution in [0.3, 0.4) is 0 Å². The first kappa shape index (κ1) is 20.5. The van der Waals surface area contributed by atoms with E-state index in [1.807, 2.05) is 0 Å². The lowest BCUT2D eigenvalue weighted by Crippen LogP contribution is -2.25. The SMILES string of the molecule is CCOC(=O)c1sc2ncn(CC(=O)OCc3ccc(OC)cc3)c(=O)c2c1C. The third-order valence-electron chi connectivity index (χ3n) is 4.24. The summed E-state index contributed by atoms with van der Waals surface area (Å²) in [6.07, 6.45) is 1.28. The van der Waals surface area contributed by atoms with E-state index >= 15 is 0 Å². The van der Waals surface area contributed by atoms with E-state index in [4.69, 9.17) is 14.2 Å². The topological polar surface area (TPSA) is 96.7 Å². The minimum atomic E-state index is -0.567. The monoisotopic (exact) mass is 416 g/mol. The third kappa shape index (κ3) is 4.45. The van der Waals surface area contributed by atoms with Crippen molar-refractivity contribution in [3.63, 3.8) is 0 Å². The number of benzene rings is 1. The predicted molar refractivity (Wildman–Crippen MR) is 107 cm³/mol. The zero-order valence-corrected chi connectivity index (χ0v) is 17.1. The molecule has 0 bridgehead atoms. The van der Waals surface area contributed by atoms with Gasteiger partial charge in [-0.3, -0.25) is 14.2 Å². The number of carbonyl (C=O) groups is 2. The average molecular weight is 416 g/mol. The number of nitrogens with zero attached hydrogens (tertiary/aromatic N) is 2. The van der Waals surface area contributed by atoms with E-state index in [1.165, 1.54) is 10.9 Å². The van der Waals surface area contributed by atoms with Gasteiger partial charge in [0.05, 0.1) is 25.4 Å². The third-order valence-corrected chi connectivity index (χ3v) is 5.42. The van der Waals surface area contributed by atoms with E-state index in [1.54, 1.807) is 45.2 Å². The lowest BCUT2D eigenvalue weighted by Gasteiger charge is -2.07. The van der Waals surface area contributed by atoms with Gasteiger partial charge in [0.1, 0.15) is 28.6 Å². The second-order valence-corrected chi connectivity index (χ2v) is 7.14. The van der Waals surface area contributed by atoms with E-state index in [0.717, 1.165) is 16.9 Å². The van der Waals surface area contributed by atoms with Crippen LogP contribution in [0.25, 0.3) is 10.2 Å². The molecule has 0 amide bonds. The Morgan fingerprint density at radius 3 is 2.55 bits per heavy atom. The average Bonchev–Trinajstić information content (AvgIpc) is 3.06. The number of methoxy groups -OCH3 is 1. The maximum Gasteiger partial charge on any atom is 0.348 e. The smallest absolute Gasteiger partial charge is 0.348 e. The minimum absolute atomic E-state index is 0.0811. The van der Waals surface area contributed by atoms with Gasteiger partial charge in [-0.15, -0.1) is 11.3 Å². The summed E-state index contributed by atoms with van der Waals surface area (Å²) in [5, 5.41) is 0.309. The quantitative estimate of drug-likeness (QED) is 0.546. The fourth-order valence-electron chi connectivity index (χ4n) is 2.73. The molecule has 2 aromatic heterocycles. The van der Waals surface area contributed by atoms with Gasteiger partial charge in [-0.1, -0.05) is 12.1 Å². The lowest BCUT2D eigenvalue weighted by molar-refractivity contribution is -0.145. The molecule has 152 valence electrons. The molecule has 3 aromatic rings. The van der Waals surface area contributed by atoms with Crippen LogP contribution < -0.4 is 10.3 Å². The van der Waals surface area contributed by atoms with Crippen molar-refractivity contribution in [2.24, 2.45) is 0 Å². The summed E-state index contributed by atoms with van der Waals surface area (Å²) < 4.78 is 16.5. The molecule has 0 saturated heterocycles. The summed E-state index contributed by atoms with van der Waals surface area (Å²) in [6.45, 7) is 3.42. The highest BCUT2D eigenvalue weighted by atomic mass is 32.1. The molecule has 0 spiro atoms. The molecule has 0 unspecified atom stereocenters. The van der Waals surface area contributed by atoms with Crippen molar-refractivity contribution in [1.82, 2.24) is 9.55 Å². The highest BCUT2D eigenvalue weighted by molar-refractivity contribution is 7.20. The molecule has 0 aliphatic rings. The highest BCUT2D eigenvalue weighted by Crippen LogP contribution is 2.27. The summed E-state index contributed by atoms with van der Waals surface area (Å²) in [7, 11) is 1.57. The summed E-state index contributed by atoms with van der Waals surface area (Å²) in [5.74, 6) is -0.347. The van der Waals surface area contributed by atoms with Crippen molar-refractivity contribution in [1.29, 1.82) is 0 Å². The maximum atomic E-state index is 12.8. The Labute approximate surface area is 170 Å². The fourth-order valence-corrected chi connectivity index (χ4v) is 3.77. The highest BCUT2D eigenvalue weighted by Gasteiger charge is 2.21. The molecule has 0 fully saturated rings. The van der Waals surface area contributed by atoms with Crippen LogP contribution >= 0.6 is 11.3 Å². The molecular formula is C20H20N2O6S. The van der Waals surface area contributed by atoms with Crippen LogP contribution in [0.2, 0.25) is 0 Å². The second-order valence-electron chi connectivity index (χ2n) is 6.14. The van der Waals surface area contributed by atoms with Gasteiger partial charge < -0.3 is 14.2 Å². The number of ether oxygens (including phenoxy) is 3. The Bertz CT molecular complexity index is 1100. The van der Waals surface area contributed by atoms with Crippen LogP contribution in [0.15, 0.2) is 35.4 Å². The van der Waals surface area contributed by atoms with Gasteiger partial charge in [0.2, 0.25) is 0 Å². The Kier molecular flexibility index (Phi) is 6.28. The molecule has 3 rings (SSSR count). The zero-order valence-electron chi connectivity index (χ0n) is 16.3. The molecule has 8 nitrogen and oxygen atoms in total. The van der Waals surface area contributed by atoms with Crippen LogP contribution in [0.1, 0.15) is 27.7 Å². The molecular weight excluding hydrogens is 396 g/mol. The first-order valence-corrected chi connectivity index (χ1v) is 9.70. The number of aryl methyl sites for hydroxylation is 1. The van der Waals surface area contributed by atoms with Gasteiger partial charge in [-0.05, 0) is 37.1 Å². The van der Waals surface area contributed by atoms with E-state index in [2.05, 4.69) is 4.98 Å². The number of thiophene rings is 1. The summed E-state index contributed by atoms with van der Waals surface area (Å²) >= 11 is 1.10.